The lowest BCUT2D eigenvalue weighted by molar-refractivity contribution is 0.126. The molecule has 0 unspecified atom stereocenters. The van der Waals surface area contributed by atoms with E-state index in [9.17, 15) is 0 Å². The van der Waals surface area contributed by atoms with Crippen LogP contribution in [0.25, 0.3) is 11.3 Å². The molecular formula is C22H33N3O. The highest BCUT2D eigenvalue weighted by Crippen LogP contribution is 2.16. The molecule has 1 aromatic carbocycles. The van der Waals surface area contributed by atoms with Crippen LogP contribution < -0.4 is 0 Å². The van der Waals surface area contributed by atoms with Gasteiger partial charge < -0.3 is 4.74 Å². The lowest BCUT2D eigenvalue weighted by Gasteiger charge is -2.04. The molecule has 0 aliphatic heterocycles. The van der Waals surface area contributed by atoms with Gasteiger partial charge in [-0.1, -0.05) is 49.6 Å². The summed E-state index contributed by atoms with van der Waals surface area (Å²) in [6, 6.07) is 8.44. The Morgan fingerprint density at radius 3 is 2.46 bits per heavy atom. The predicted octanol–water partition coefficient (Wildman–Crippen LogP) is 5.61. The first-order valence-corrected chi connectivity index (χ1v) is 9.97. The van der Waals surface area contributed by atoms with E-state index >= 15 is 0 Å². The second-order valence-corrected chi connectivity index (χ2v) is 6.80. The summed E-state index contributed by atoms with van der Waals surface area (Å²) in [6.45, 7) is 8.17. The van der Waals surface area contributed by atoms with Gasteiger partial charge in [-0.2, -0.15) is 0 Å². The van der Waals surface area contributed by atoms with Gasteiger partial charge in [-0.15, -0.1) is 5.10 Å². The van der Waals surface area contributed by atoms with E-state index in [1.165, 1.54) is 36.8 Å². The minimum atomic E-state index is 0.853. The first-order chi connectivity index (χ1) is 12.7. The van der Waals surface area contributed by atoms with Gasteiger partial charge in [0.05, 0.1) is 17.6 Å². The van der Waals surface area contributed by atoms with Crippen molar-refractivity contribution in [2.45, 2.75) is 65.7 Å². The molecule has 0 saturated heterocycles. The fourth-order valence-corrected chi connectivity index (χ4v) is 2.83. The number of allylic oxidation sites excluding steroid dienone is 2. The van der Waals surface area contributed by atoms with Crippen LogP contribution >= 0.6 is 0 Å². The lowest BCUT2D eigenvalue weighted by Crippen LogP contribution is -1.98. The molecule has 4 heteroatoms. The molecule has 0 bridgehead atoms. The minimum Gasteiger partial charge on any atom is -0.381 e. The molecule has 0 fully saturated rings. The minimum absolute atomic E-state index is 0.853. The van der Waals surface area contributed by atoms with Crippen molar-refractivity contribution >= 4 is 5.57 Å². The fraction of sp³-hybridized carbons (Fsp3) is 0.545. The van der Waals surface area contributed by atoms with Gasteiger partial charge in [0.1, 0.15) is 0 Å². The molecule has 0 aliphatic rings. The quantitative estimate of drug-likeness (QED) is 0.465. The van der Waals surface area contributed by atoms with Crippen LogP contribution in [-0.2, 0) is 11.2 Å². The Kier molecular flexibility index (Phi) is 9.11. The van der Waals surface area contributed by atoms with Gasteiger partial charge in [-0.05, 0) is 62.8 Å². The number of aryl methyl sites for hydroxylation is 1. The summed E-state index contributed by atoms with van der Waals surface area (Å²) in [4.78, 5) is 0. The van der Waals surface area contributed by atoms with Crippen LogP contribution in [0.5, 0.6) is 0 Å². The topological polar surface area (TPSA) is 39.9 Å². The van der Waals surface area contributed by atoms with Crippen molar-refractivity contribution in [1.29, 1.82) is 0 Å². The van der Waals surface area contributed by atoms with Crippen LogP contribution in [-0.4, -0.2) is 28.2 Å². The summed E-state index contributed by atoms with van der Waals surface area (Å²) in [5, 5.41) is 8.55. The van der Waals surface area contributed by atoms with E-state index in [2.05, 4.69) is 61.4 Å². The van der Waals surface area contributed by atoms with Gasteiger partial charge in [-0.25, -0.2) is 4.68 Å². The van der Waals surface area contributed by atoms with Crippen LogP contribution in [0.2, 0.25) is 0 Å². The molecule has 0 N–H and O–H groups in total. The number of hydrogen-bond donors (Lipinski definition) is 0. The van der Waals surface area contributed by atoms with Crippen molar-refractivity contribution in [2.75, 3.05) is 13.2 Å². The molecule has 2 aromatic rings. The molecule has 0 amide bonds. The summed E-state index contributed by atoms with van der Waals surface area (Å²) in [6.07, 6.45) is 12.3. The standard InChI is InChI=1S/C22H33N3O/c1-4-6-7-9-16-26-17-10-8-11-21-18-25(24-23-21)22-14-12-20(13-15-22)19(3)5-2/h5,12-15,18H,4,6-11,16-17H2,1-3H3/b19-5-. The monoisotopic (exact) mass is 355 g/mol. The van der Waals surface area contributed by atoms with Crippen LogP contribution in [0, 0.1) is 0 Å². The second kappa shape index (κ2) is 11.6. The van der Waals surface area contributed by atoms with Crippen molar-refractivity contribution in [3.63, 3.8) is 0 Å². The van der Waals surface area contributed by atoms with E-state index in [-0.39, 0.29) is 0 Å². The second-order valence-electron chi connectivity index (χ2n) is 6.80. The molecule has 26 heavy (non-hydrogen) atoms. The van der Waals surface area contributed by atoms with E-state index < -0.39 is 0 Å². The van der Waals surface area contributed by atoms with Crippen molar-refractivity contribution in [3.05, 3.63) is 47.8 Å². The Hall–Kier alpha value is -1.94. The zero-order chi connectivity index (χ0) is 18.6. The molecule has 0 radical (unpaired) electrons. The summed E-state index contributed by atoms with van der Waals surface area (Å²) in [7, 11) is 0. The van der Waals surface area contributed by atoms with E-state index in [4.69, 9.17) is 4.74 Å². The molecule has 2 rings (SSSR count). The summed E-state index contributed by atoms with van der Waals surface area (Å²) in [5.74, 6) is 0. The van der Waals surface area contributed by atoms with E-state index in [1.807, 2.05) is 10.9 Å². The largest absolute Gasteiger partial charge is 0.381 e. The average molecular weight is 356 g/mol. The molecule has 0 spiro atoms. The van der Waals surface area contributed by atoms with Crippen molar-refractivity contribution in [2.24, 2.45) is 0 Å². The van der Waals surface area contributed by atoms with E-state index in [0.717, 1.165) is 43.9 Å². The number of unbranched alkanes of at least 4 members (excludes halogenated alkanes) is 4. The number of rotatable bonds is 12. The maximum absolute atomic E-state index is 5.69. The van der Waals surface area contributed by atoms with Gasteiger partial charge in [0.25, 0.3) is 0 Å². The summed E-state index contributed by atoms with van der Waals surface area (Å²) in [5.41, 5.74) is 4.61. The van der Waals surface area contributed by atoms with Crippen LogP contribution in [0.4, 0.5) is 0 Å². The maximum Gasteiger partial charge on any atom is 0.0831 e. The van der Waals surface area contributed by atoms with Gasteiger partial charge in [0.2, 0.25) is 0 Å². The zero-order valence-electron chi connectivity index (χ0n) is 16.6. The smallest absolute Gasteiger partial charge is 0.0831 e. The predicted molar refractivity (Wildman–Crippen MR) is 109 cm³/mol. The maximum atomic E-state index is 5.69. The molecule has 4 nitrogen and oxygen atoms in total. The van der Waals surface area contributed by atoms with E-state index in [0.29, 0.717) is 0 Å². The number of benzene rings is 1. The van der Waals surface area contributed by atoms with Gasteiger partial charge in [0.15, 0.2) is 0 Å². The first-order valence-electron chi connectivity index (χ1n) is 9.97. The Labute approximate surface area is 158 Å². The van der Waals surface area contributed by atoms with Gasteiger partial charge in [0, 0.05) is 13.2 Å². The normalized spacial score (nSPS) is 11.9. The Morgan fingerprint density at radius 1 is 1.04 bits per heavy atom. The Bertz CT molecular complexity index is 658. The SMILES string of the molecule is C/C=C(/C)c1ccc(-n2cc(CCCCOCCCCCC)nn2)cc1. The molecule has 0 atom stereocenters. The van der Waals surface area contributed by atoms with E-state index in [1.54, 1.807) is 0 Å². The average Bonchev–Trinajstić information content (AvgIpc) is 3.15. The van der Waals surface area contributed by atoms with Crippen molar-refractivity contribution in [1.82, 2.24) is 15.0 Å². The summed E-state index contributed by atoms with van der Waals surface area (Å²) < 4.78 is 7.54. The fourth-order valence-electron chi connectivity index (χ4n) is 2.83. The molecule has 1 heterocycles. The Morgan fingerprint density at radius 2 is 1.77 bits per heavy atom. The number of aromatic nitrogens is 3. The third-order valence-corrected chi connectivity index (χ3v) is 4.67. The molecule has 142 valence electrons. The molecular weight excluding hydrogens is 322 g/mol. The third-order valence-electron chi connectivity index (χ3n) is 4.67. The molecule has 0 saturated carbocycles. The first kappa shape index (κ1) is 20.4. The van der Waals surface area contributed by atoms with Crippen LogP contribution in [0.3, 0.4) is 0 Å². The molecule has 0 aliphatic carbocycles. The van der Waals surface area contributed by atoms with Crippen LogP contribution in [0.15, 0.2) is 36.5 Å². The highest BCUT2D eigenvalue weighted by molar-refractivity contribution is 5.64. The molecule has 1 aromatic heterocycles. The summed E-state index contributed by atoms with van der Waals surface area (Å²) >= 11 is 0. The van der Waals surface area contributed by atoms with Crippen molar-refractivity contribution < 1.29 is 4.74 Å². The third kappa shape index (κ3) is 6.75. The van der Waals surface area contributed by atoms with Gasteiger partial charge in [-0.3, -0.25) is 0 Å². The highest BCUT2D eigenvalue weighted by Gasteiger charge is 2.04. The Balaban J connectivity index is 1.69. The number of ether oxygens (including phenoxy) is 1. The highest BCUT2D eigenvalue weighted by atomic mass is 16.5. The van der Waals surface area contributed by atoms with Gasteiger partial charge >= 0.3 is 0 Å². The lowest BCUT2D eigenvalue weighted by atomic mass is 10.1. The van der Waals surface area contributed by atoms with Crippen molar-refractivity contribution in [3.8, 4) is 5.69 Å². The van der Waals surface area contributed by atoms with Crippen LogP contribution in [0.1, 0.15) is 70.6 Å². The zero-order valence-corrected chi connectivity index (χ0v) is 16.6. The number of nitrogens with zero attached hydrogens (tertiary/aromatic N) is 3. The number of hydrogen-bond acceptors (Lipinski definition) is 3.